The second-order valence-electron chi connectivity index (χ2n) is 8.51. The number of nitrogens with one attached hydrogen (secondary N) is 1. The molecule has 1 N–H and O–H groups in total. The minimum absolute atomic E-state index is 0.0786. The van der Waals surface area contributed by atoms with Gasteiger partial charge in [0, 0.05) is 17.4 Å². The first-order valence-electron chi connectivity index (χ1n) is 9.99. The molecule has 1 fully saturated rings. The molecule has 2 aliphatic heterocycles. The molecule has 0 spiro atoms. The largest absolute Gasteiger partial charge is 0.444 e. The third kappa shape index (κ3) is 4.63. The third-order valence-corrected chi connectivity index (χ3v) is 5.02. The maximum Gasteiger partial charge on any atom is 0.414 e. The molecule has 3 amide bonds. The van der Waals surface area contributed by atoms with Gasteiger partial charge in [-0.3, -0.25) is 9.69 Å². The highest BCUT2D eigenvalue weighted by atomic mass is 16.6. The van der Waals surface area contributed by atoms with E-state index in [9.17, 15) is 14.4 Å². The Labute approximate surface area is 171 Å². The summed E-state index contributed by atoms with van der Waals surface area (Å²) in [6.07, 6.45) is -0.281. The zero-order chi connectivity index (χ0) is 21.3. The summed E-state index contributed by atoms with van der Waals surface area (Å²) < 4.78 is 10.6. The monoisotopic (exact) mass is 403 g/mol. The summed E-state index contributed by atoms with van der Waals surface area (Å²) in [5.41, 5.74) is 1.92. The first-order chi connectivity index (χ1) is 13.6. The molecule has 8 heteroatoms. The van der Waals surface area contributed by atoms with Crippen LogP contribution in [0.5, 0.6) is 0 Å². The van der Waals surface area contributed by atoms with Crippen LogP contribution in [0.25, 0.3) is 0 Å². The third-order valence-electron chi connectivity index (χ3n) is 5.02. The van der Waals surface area contributed by atoms with E-state index in [0.717, 1.165) is 17.7 Å². The molecule has 158 valence electrons. The molecule has 1 aromatic rings. The Morgan fingerprint density at radius 2 is 2.07 bits per heavy atom. The highest BCUT2D eigenvalue weighted by molar-refractivity contribution is 6.03. The van der Waals surface area contributed by atoms with Crippen molar-refractivity contribution in [3.63, 3.8) is 0 Å². The number of alkyl carbamates (subject to hydrolysis) is 1. The van der Waals surface area contributed by atoms with Gasteiger partial charge in [-0.1, -0.05) is 6.92 Å². The lowest BCUT2D eigenvalue weighted by Crippen LogP contribution is -2.38. The van der Waals surface area contributed by atoms with Crippen LogP contribution < -0.4 is 15.1 Å². The predicted molar refractivity (Wildman–Crippen MR) is 109 cm³/mol. The fraction of sp³-hybridized carbons (Fsp3) is 0.571. The Hall–Kier alpha value is -2.77. The Bertz CT molecular complexity index is 817. The number of carbonyl (C=O) groups is 3. The van der Waals surface area contributed by atoms with Crippen molar-refractivity contribution in [1.82, 2.24) is 5.32 Å². The fourth-order valence-corrected chi connectivity index (χ4v) is 3.51. The van der Waals surface area contributed by atoms with Crippen LogP contribution in [0.3, 0.4) is 0 Å². The van der Waals surface area contributed by atoms with Crippen molar-refractivity contribution in [2.24, 2.45) is 0 Å². The standard InChI is InChI=1S/C21H29N3O5/c1-6-13(2)24-17-8-7-15(9-14(17)10-18(24)25)23-12-16(28-20(23)27)11-22-19(26)29-21(3,4)5/h7-9,13,16H,6,10-12H2,1-5H3,(H,22,26)/t13?,16-/m0/s1. The number of ether oxygens (including phenoxy) is 2. The van der Waals surface area contributed by atoms with Crippen LogP contribution >= 0.6 is 0 Å². The molecule has 0 saturated carbocycles. The molecule has 0 radical (unpaired) electrons. The molecule has 1 unspecified atom stereocenters. The molecule has 0 aliphatic carbocycles. The van der Waals surface area contributed by atoms with E-state index in [1.807, 2.05) is 30.0 Å². The first-order valence-corrected chi connectivity index (χ1v) is 9.99. The van der Waals surface area contributed by atoms with Gasteiger partial charge in [-0.05, 0) is 57.9 Å². The molecule has 1 aromatic carbocycles. The summed E-state index contributed by atoms with van der Waals surface area (Å²) in [5, 5.41) is 2.63. The number of anilines is 2. The molecule has 8 nitrogen and oxygen atoms in total. The predicted octanol–water partition coefficient (Wildman–Crippen LogP) is 3.22. The maximum absolute atomic E-state index is 12.4. The number of amides is 3. The van der Waals surface area contributed by atoms with Crippen LogP contribution in [-0.4, -0.2) is 48.9 Å². The van der Waals surface area contributed by atoms with E-state index < -0.39 is 23.9 Å². The van der Waals surface area contributed by atoms with Gasteiger partial charge in [-0.2, -0.15) is 0 Å². The SMILES string of the molecule is CCC(C)N1C(=O)Cc2cc(N3C[C@H](CNC(=O)OC(C)(C)C)OC3=O)ccc21. The number of nitrogens with zero attached hydrogens (tertiary/aromatic N) is 2. The number of benzene rings is 1. The molecule has 2 aliphatic rings. The van der Waals surface area contributed by atoms with Gasteiger partial charge in [0.25, 0.3) is 0 Å². The van der Waals surface area contributed by atoms with Gasteiger partial charge in [0.05, 0.1) is 19.5 Å². The molecular formula is C21H29N3O5. The Balaban J connectivity index is 1.65. The normalized spacial score (nSPS) is 19.8. The average molecular weight is 403 g/mol. The van der Waals surface area contributed by atoms with Crippen molar-refractivity contribution in [2.45, 2.75) is 65.2 Å². The molecule has 2 atom stereocenters. The van der Waals surface area contributed by atoms with Gasteiger partial charge in [-0.25, -0.2) is 9.59 Å². The van der Waals surface area contributed by atoms with E-state index in [-0.39, 0.29) is 18.5 Å². The minimum atomic E-state index is -0.590. The smallest absolute Gasteiger partial charge is 0.414 e. The number of carbonyl (C=O) groups excluding carboxylic acids is 3. The fourth-order valence-electron chi connectivity index (χ4n) is 3.51. The minimum Gasteiger partial charge on any atom is -0.444 e. The van der Waals surface area contributed by atoms with Crippen LogP contribution in [0, 0.1) is 0 Å². The van der Waals surface area contributed by atoms with E-state index in [0.29, 0.717) is 18.7 Å². The van der Waals surface area contributed by atoms with Crippen molar-refractivity contribution in [1.29, 1.82) is 0 Å². The molecule has 1 saturated heterocycles. The quantitative estimate of drug-likeness (QED) is 0.816. The summed E-state index contributed by atoms with van der Waals surface area (Å²) >= 11 is 0. The van der Waals surface area contributed by atoms with Crippen LogP contribution in [0.15, 0.2) is 18.2 Å². The van der Waals surface area contributed by atoms with Crippen molar-refractivity contribution in [3.05, 3.63) is 23.8 Å². The van der Waals surface area contributed by atoms with Crippen LogP contribution in [0.4, 0.5) is 21.0 Å². The molecule has 3 rings (SSSR count). The summed E-state index contributed by atoms with van der Waals surface area (Å²) in [5.74, 6) is 0.0786. The number of fused-ring (bicyclic) bond motifs is 1. The van der Waals surface area contributed by atoms with Crippen molar-refractivity contribution in [2.75, 3.05) is 22.9 Å². The topological polar surface area (TPSA) is 88.2 Å². The highest BCUT2D eigenvalue weighted by Gasteiger charge is 2.35. The first kappa shape index (κ1) is 21.0. The maximum atomic E-state index is 12.4. The molecule has 2 heterocycles. The second-order valence-corrected chi connectivity index (χ2v) is 8.51. The molecule has 0 bridgehead atoms. The molecular weight excluding hydrogens is 374 g/mol. The van der Waals surface area contributed by atoms with Gasteiger partial charge in [0.2, 0.25) is 5.91 Å². The van der Waals surface area contributed by atoms with Gasteiger partial charge in [0.1, 0.15) is 11.7 Å². The van der Waals surface area contributed by atoms with E-state index >= 15 is 0 Å². The lowest BCUT2D eigenvalue weighted by Gasteiger charge is -2.24. The summed E-state index contributed by atoms with van der Waals surface area (Å²) in [7, 11) is 0. The zero-order valence-corrected chi connectivity index (χ0v) is 17.7. The number of rotatable bonds is 5. The lowest BCUT2D eigenvalue weighted by atomic mass is 10.1. The van der Waals surface area contributed by atoms with Crippen LogP contribution in [-0.2, 0) is 20.7 Å². The zero-order valence-electron chi connectivity index (χ0n) is 17.7. The van der Waals surface area contributed by atoms with Crippen LogP contribution in [0.2, 0.25) is 0 Å². The highest BCUT2D eigenvalue weighted by Crippen LogP contribution is 2.35. The van der Waals surface area contributed by atoms with Gasteiger partial charge in [0.15, 0.2) is 0 Å². The molecule has 29 heavy (non-hydrogen) atoms. The average Bonchev–Trinajstić information content (AvgIpc) is 3.16. The summed E-state index contributed by atoms with van der Waals surface area (Å²) in [4.78, 5) is 39.9. The lowest BCUT2D eigenvalue weighted by molar-refractivity contribution is -0.117. The Morgan fingerprint density at radius 3 is 2.72 bits per heavy atom. The van der Waals surface area contributed by atoms with Crippen molar-refractivity contribution >= 4 is 29.5 Å². The van der Waals surface area contributed by atoms with E-state index in [2.05, 4.69) is 12.2 Å². The summed E-state index contributed by atoms with van der Waals surface area (Å²) in [6, 6.07) is 5.73. The van der Waals surface area contributed by atoms with Gasteiger partial charge < -0.3 is 19.7 Å². The number of hydrogen-bond acceptors (Lipinski definition) is 5. The van der Waals surface area contributed by atoms with Gasteiger partial charge >= 0.3 is 12.2 Å². The second kappa shape index (κ2) is 7.93. The van der Waals surface area contributed by atoms with Crippen LogP contribution in [0.1, 0.15) is 46.6 Å². The Kier molecular flexibility index (Phi) is 5.73. The van der Waals surface area contributed by atoms with Gasteiger partial charge in [-0.15, -0.1) is 0 Å². The van der Waals surface area contributed by atoms with E-state index in [1.165, 1.54) is 4.90 Å². The summed E-state index contributed by atoms with van der Waals surface area (Å²) in [6.45, 7) is 9.91. The molecule has 0 aromatic heterocycles. The van der Waals surface area contributed by atoms with E-state index in [4.69, 9.17) is 9.47 Å². The number of cyclic esters (lactones) is 1. The Morgan fingerprint density at radius 1 is 1.34 bits per heavy atom. The van der Waals surface area contributed by atoms with E-state index in [1.54, 1.807) is 20.8 Å². The number of hydrogen-bond donors (Lipinski definition) is 1. The van der Waals surface area contributed by atoms with Crippen molar-refractivity contribution in [3.8, 4) is 0 Å². The van der Waals surface area contributed by atoms with Crippen molar-refractivity contribution < 1.29 is 23.9 Å².